The molecule has 0 aliphatic heterocycles. The largest absolute Gasteiger partial charge is 0.337 e. The Labute approximate surface area is 133 Å². The molecule has 1 amide bonds. The fourth-order valence-corrected chi connectivity index (χ4v) is 2.23. The van der Waals surface area contributed by atoms with E-state index in [0.717, 1.165) is 11.1 Å². The maximum Gasteiger partial charge on any atom is 0.288 e. The maximum atomic E-state index is 12.4. The van der Waals surface area contributed by atoms with Crippen LogP contribution in [-0.2, 0) is 6.54 Å². The molecule has 2 aromatic carbocycles. The second-order valence-electron chi connectivity index (χ2n) is 5.07. The molecule has 0 saturated carbocycles. The van der Waals surface area contributed by atoms with Crippen molar-refractivity contribution in [1.82, 2.24) is 4.90 Å². The first kappa shape index (κ1) is 16.0. The topological polar surface area (TPSA) is 63.5 Å². The van der Waals surface area contributed by atoms with Crippen LogP contribution >= 0.6 is 11.6 Å². The first-order valence-corrected chi connectivity index (χ1v) is 7.01. The third kappa shape index (κ3) is 3.62. The van der Waals surface area contributed by atoms with Crippen LogP contribution in [0.15, 0.2) is 42.5 Å². The molecule has 0 aromatic heterocycles. The zero-order valence-electron chi connectivity index (χ0n) is 12.2. The van der Waals surface area contributed by atoms with Crippen LogP contribution in [0.5, 0.6) is 0 Å². The standard InChI is InChI=1S/C16H15ClN2O3/c1-11-3-5-12(6-4-11)10-18(2)16(20)13-7-8-14(17)15(9-13)19(21)22/h3-9H,10H2,1-2H3. The Balaban J connectivity index is 2.18. The molecule has 0 aliphatic carbocycles. The van der Waals surface area contributed by atoms with E-state index >= 15 is 0 Å². The lowest BCUT2D eigenvalue weighted by atomic mass is 10.1. The van der Waals surface area contributed by atoms with E-state index in [4.69, 9.17) is 11.6 Å². The first-order chi connectivity index (χ1) is 10.4. The van der Waals surface area contributed by atoms with E-state index in [1.54, 1.807) is 7.05 Å². The summed E-state index contributed by atoms with van der Waals surface area (Å²) in [5.74, 6) is -0.291. The van der Waals surface area contributed by atoms with Crippen molar-refractivity contribution < 1.29 is 9.72 Å². The third-order valence-corrected chi connectivity index (χ3v) is 3.60. The Morgan fingerprint density at radius 3 is 2.45 bits per heavy atom. The number of nitro groups is 1. The predicted molar refractivity (Wildman–Crippen MR) is 85.1 cm³/mol. The van der Waals surface area contributed by atoms with Gasteiger partial charge in [0.2, 0.25) is 0 Å². The van der Waals surface area contributed by atoms with Gasteiger partial charge in [0, 0.05) is 25.2 Å². The van der Waals surface area contributed by atoms with E-state index in [0.29, 0.717) is 6.54 Å². The summed E-state index contributed by atoms with van der Waals surface area (Å²) in [5.41, 5.74) is 2.11. The van der Waals surface area contributed by atoms with Crippen LogP contribution in [0, 0.1) is 17.0 Å². The number of amides is 1. The fourth-order valence-electron chi connectivity index (χ4n) is 2.05. The molecule has 0 spiro atoms. The summed E-state index contributed by atoms with van der Waals surface area (Å²) >= 11 is 5.75. The van der Waals surface area contributed by atoms with Crippen molar-refractivity contribution in [2.75, 3.05) is 7.05 Å². The average molecular weight is 319 g/mol. The lowest BCUT2D eigenvalue weighted by Gasteiger charge is -2.17. The number of hydrogen-bond acceptors (Lipinski definition) is 3. The van der Waals surface area contributed by atoms with Crippen LogP contribution < -0.4 is 0 Å². The number of rotatable bonds is 4. The minimum absolute atomic E-state index is 0.0164. The van der Waals surface area contributed by atoms with E-state index in [-0.39, 0.29) is 22.2 Å². The number of carbonyl (C=O) groups excluding carboxylic acids is 1. The van der Waals surface area contributed by atoms with Gasteiger partial charge in [0.15, 0.2) is 0 Å². The van der Waals surface area contributed by atoms with Gasteiger partial charge in [-0.05, 0) is 24.6 Å². The van der Waals surface area contributed by atoms with Gasteiger partial charge in [0.25, 0.3) is 11.6 Å². The van der Waals surface area contributed by atoms with Gasteiger partial charge >= 0.3 is 0 Å². The van der Waals surface area contributed by atoms with Crippen LogP contribution in [0.3, 0.4) is 0 Å². The van der Waals surface area contributed by atoms with Gasteiger partial charge in [-0.1, -0.05) is 41.4 Å². The lowest BCUT2D eigenvalue weighted by molar-refractivity contribution is -0.384. The molecule has 0 unspecified atom stereocenters. The molecular formula is C16H15ClN2O3. The number of benzene rings is 2. The molecule has 5 nitrogen and oxygen atoms in total. The predicted octanol–water partition coefficient (Wildman–Crippen LogP) is 3.83. The SMILES string of the molecule is Cc1ccc(CN(C)C(=O)c2ccc(Cl)c([N+](=O)[O-])c2)cc1. The smallest absolute Gasteiger partial charge is 0.288 e. The van der Waals surface area contributed by atoms with Crippen LogP contribution in [0.1, 0.15) is 21.5 Å². The molecule has 0 aliphatic rings. The number of halogens is 1. The summed E-state index contributed by atoms with van der Waals surface area (Å²) in [4.78, 5) is 24.2. The molecule has 22 heavy (non-hydrogen) atoms. The maximum absolute atomic E-state index is 12.4. The quantitative estimate of drug-likeness (QED) is 0.635. The summed E-state index contributed by atoms with van der Waals surface area (Å²) in [6.07, 6.45) is 0. The van der Waals surface area contributed by atoms with Gasteiger partial charge in [-0.25, -0.2) is 0 Å². The number of nitro benzene ring substituents is 1. The highest BCUT2D eigenvalue weighted by Gasteiger charge is 2.18. The molecule has 0 heterocycles. The number of hydrogen-bond donors (Lipinski definition) is 0. The van der Waals surface area contributed by atoms with Crippen molar-refractivity contribution >= 4 is 23.2 Å². The van der Waals surface area contributed by atoms with Gasteiger partial charge < -0.3 is 4.90 Å². The minimum atomic E-state index is -0.598. The Kier molecular flexibility index (Phi) is 4.78. The van der Waals surface area contributed by atoms with Crippen molar-refractivity contribution in [2.24, 2.45) is 0 Å². The Morgan fingerprint density at radius 2 is 1.86 bits per heavy atom. The summed E-state index contributed by atoms with van der Waals surface area (Å²) in [5, 5.41) is 10.9. The molecule has 2 rings (SSSR count). The first-order valence-electron chi connectivity index (χ1n) is 6.63. The average Bonchev–Trinajstić information content (AvgIpc) is 2.49. The molecule has 0 atom stereocenters. The molecule has 2 aromatic rings. The van der Waals surface area contributed by atoms with E-state index in [2.05, 4.69) is 0 Å². The van der Waals surface area contributed by atoms with E-state index in [9.17, 15) is 14.9 Å². The normalized spacial score (nSPS) is 10.3. The summed E-state index contributed by atoms with van der Waals surface area (Å²) in [7, 11) is 1.66. The van der Waals surface area contributed by atoms with Crippen molar-refractivity contribution in [3.05, 3.63) is 74.3 Å². The number of nitrogens with zero attached hydrogens (tertiary/aromatic N) is 2. The van der Waals surface area contributed by atoms with Crippen molar-refractivity contribution in [3.63, 3.8) is 0 Å². The molecule has 0 fully saturated rings. The second kappa shape index (κ2) is 6.58. The summed E-state index contributed by atoms with van der Waals surface area (Å²) in [6.45, 7) is 2.42. The monoisotopic (exact) mass is 318 g/mol. The van der Waals surface area contributed by atoms with Gasteiger partial charge in [-0.3, -0.25) is 14.9 Å². The second-order valence-corrected chi connectivity index (χ2v) is 5.48. The Bertz CT molecular complexity index is 714. The van der Waals surface area contributed by atoms with Crippen molar-refractivity contribution in [3.8, 4) is 0 Å². The highest BCUT2D eigenvalue weighted by Crippen LogP contribution is 2.25. The number of aryl methyl sites for hydroxylation is 1. The van der Waals surface area contributed by atoms with Crippen molar-refractivity contribution in [2.45, 2.75) is 13.5 Å². The Morgan fingerprint density at radius 1 is 1.23 bits per heavy atom. The molecule has 0 radical (unpaired) electrons. The minimum Gasteiger partial charge on any atom is -0.337 e. The molecule has 0 saturated heterocycles. The van der Waals surface area contributed by atoms with Gasteiger partial charge in [-0.15, -0.1) is 0 Å². The summed E-state index contributed by atoms with van der Waals surface area (Å²) in [6, 6.07) is 11.9. The molecule has 6 heteroatoms. The van der Waals surface area contributed by atoms with Crippen LogP contribution in [0.25, 0.3) is 0 Å². The van der Waals surface area contributed by atoms with E-state index in [1.165, 1.54) is 23.1 Å². The Hall–Kier alpha value is -2.40. The summed E-state index contributed by atoms with van der Waals surface area (Å²) < 4.78 is 0. The van der Waals surface area contributed by atoms with Crippen LogP contribution in [-0.4, -0.2) is 22.8 Å². The van der Waals surface area contributed by atoms with Crippen LogP contribution in [0.2, 0.25) is 5.02 Å². The lowest BCUT2D eigenvalue weighted by Crippen LogP contribution is -2.26. The van der Waals surface area contributed by atoms with E-state index in [1.807, 2.05) is 31.2 Å². The highest BCUT2D eigenvalue weighted by atomic mass is 35.5. The van der Waals surface area contributed by atoms with Gasteiger partial charge in [0.05, 0.1) is 4.92 Å². The van der Waals surface area contributed by atoms with Gasteiger partial charge in [0.1, 0.15) is 5.02 Å². The highest BCUT2D eigenvalue weighted by molar-refractivity contribution is 6.32. The number of carbonyl (C=O) groups is 1. The van der Waals surface area contributed by atoms with Crippen molar-refractivity contribution in [1.29, 1.82) is 0 Å². The zero-order chi connectivity index (χ0) is 16.3. The van der Waals surface area contributed by atoms with Crippen LogP contribution in [0.4, 0.5) is 5.69 Å². The molecule has 0 bridgehead atoms. The zero-order valence-corrected chi connectivity index (χ0v) is 13.0. The molecular weight excluding hydrogens is 304 g/mol. The van der Waals surface area contributed by atoms with Gasteiger partial charge in [-0.2, -0.15) is 0 Å². The molecule has 114 valence electrons. The third-order valence-electron chi connectivity index (χ3n) is 3.28. The van der Waals surface area contributed by atoms with E-state index < -0.39 is 4.92 Å². The molecule has 0 N–H and O–H groups in total. The fraction of sp³-hybridized carbons (Fsp3) is 0.188.